The quantitative estimate of drug-likeness (QED) is 0.521. The number of unbranched alkanes of at least 4 members (excludes halogenated alkanes) is 2. The minimum Gasteiger partial charge on any atom is -0.229 e. The van der Waals surface area contributed by atoms with Crippen LogP contribution >= 0.6 is 24.4 Å². The number of hydrogen-bond acceptors (Lipinski definition) is 4. The van der Waals surface area contributed by atoms with Gasteiger partial charge in [-0.3, -0.25) is 0 Å². The molecule has 0 fully saturated rings. The van der Waals surface area contributed by atoms with E-state index in [2.05, 4.69) is 12.6 Å². The van der Waals surface area contributed by atoms with Crippen molar-refractivity contribution in [2.45, 2.75) is 19.3 Å². The maximum atomic E-state index is 10.7. The van der Waals surface area contributed by atoms with Gasteiger partial charge < -0.3 is 0 Å². The van der Waals surface area contributed by atoms with Crippen LogP contribution in [0.2, 0.25) is 0 Å². The molecule has 0 spiro atoms. The minimum atomic E-state index is -2.75. The highest BCUT2D eigenvalue weighted by Crippen LogP contribution is 2.07. The van der Waals surface area contributed by atoms with Crippen molar-refractivity contribution in [2.24, 2.45) is 0 Å². The molecule has 0 amide bonds. The summed E-state index contributed by atoms with van der Waals surface area (Å²) in [4.78, 5) is 0. The second kappa shape index (κ2) is 8.00. The van der Waals surface area contributed by atoms with Gasteiger partial charge in [-0.1, -0.05) is 6.42 Å². The number of hydrogen-bond donors (Lipinski definition) is 1. The lowest BCUT2D eigenvalue weighted by molar-refractivity contribution is 0.603. The van der Waals surface area contributed by atoms with Crippen LogP contribution in [-0.4, -0.2) is 37.7 Å². The fraction of sp³-hybridized carbons (Fsp3) is 1.00. The summed E-state index contributed by atoms with van der Waals surface area (Å²) in [6, 6.07) is 0. The lowest BCUT2D eigenvalue weighted by Gasteiger charge is -1.99. The largest absolute Gasteiger partial charge is 0.229 e. The fourth-order valence-corrected chi connectivity index (χ4v) is 3.32. The summed E-state index contributed by atoms with van der Waals surface area (Å²) in [5.41, 5.74) is 0. The molecule has 0 aliphatic carbocycles. The molecule has 0 radical (unpaired) electrons. The standard InChI is InChI=1S/C8H18O2S3/c1-13(9,10)8-7-12-6-4-2-3-5-11/h11H,2-8H2,1H3. The Morgan fingerprint density at radius 1 is 1.15 bits per heavy atom. The van der Waals surface area contributed by atoms with E-state index in [-0.39, 0.29) is 0 Å². The van der Waals surface area contributed by atoms with Gasteiger partial charge in [0.25, 0.3) is 0 Å². The third kappa shape index (κ3) is 12.6. The monoisotopic (exact) mass is 242 g/mol. The number of rotatable bonds is 8. The van der Waals surface area contributed by atoms with Crippen LogP contribution in [-0.2, 0) is 9.84 Å². The average Bonchev–Trinajstić information content (AvgIpc) is 2.01. The van der Waals surface area contributed by atoms with Crippen LogP contribution in [0, 0.1) is 0 Å². The van der Waals surface area contributed by atoms with Crippen molar-refractivity contribution in [3.05, 3.63) is 0 Å². The third-order valence-electron chi connectivity index (χ3n) is 1.55. The van der Waals surface area contributed by atoms with Gasteiger partial charge in [0.1, 0.15) is 9.84 Å². The van der Waals surface area contributed by atoms with Crippen LogP contribution in [0.15, 0.2) is 0 Å². The van der Waals surface area contributed by atoms with Crippen molar-refractivity contribution in [3.63, 3.8) is 0 Å². The molecule has 0 aromatic heterocycles. The molecule has 0 aromatic rings. The predicted octanol–water partition coefficient (Wildman–Crippen LogP) is 1.86. The molecule has 0 saturated carbocycles. The van der Waals surface area contributed by atoms with E-state index in [9.17, 15) is 8.42 Å². The molecule has 0 N–H and O–H groups in total. The maximum absolute atomic E-state index is 10.7. The Balaban J connectivity index is 3.09. The normalized spacial score (nSPS) is 11.8. The summed E-state index contributed by atoms with van der Waals surface area (Å²) in [7, 11) is -2.75. The van der Waals surface area contributed by atoms with Crippen molar-refractivity contribution in [3.8, 4) is 0 Å². The highest BCUT2D eigenvalue weighted by molar-refractivity contribution is 8.00. The summed E-state index contributed by atoms with van der Waals surface area (Å²) in [5.74, 6) is 3.07. The summed E-state index contributed by atoms with van der Waals surface area (Å²) in [6.07, 6.45) is 4.83. The van der Waals surface area contributed by atoms with E-state index in [4.69, 9.17) is 0 Å². The van der Waals surface area contributed by atoms with Crippen LogP contribution in [0.5, 0.6) is 0 Å². The second-order valence-corrected chi connectivity index (χ2v) is 6.96. The first-order chi connectivity index (χ1) is 6.06. The van der Waals surface area contributed by atoms with Crippen molar-refractivity contribution < 1.29 is 8.42 Å². The van der Waals surface area contributed by atoms with Gasteiger partial charge in [0, 0.05) is 12.0 Å². The summed E-state index contributed by atoms with van der Waals surface area (Å²) >= 11 is 5.84. The summed E-state index contributed by atoms with van der Waals surface area (Å²) < 4.78 is 21.5. The molecule has 0 heterocycles. The Bertz CT molecular complexity index is 199. The highest BCUT2D eigenvalue weighted by atomic mass is 32.2. The first-order valence-corrected chi connectivity index (χ1v) is 8.27. The second-order valence-electron chi connectivity index (χ2n) is 3.03. The molecule has 13 heavy (non-hydrogen) atoms. The SMILES string of the molecule is CS(=O)(=O)CCSCCCCCS. The molecule has 0 saturated heterocycles. The Labute approximate surface area is 91.2 Å². The minimum absolute atomic E-state index is 0.310. The van der Waals surface area contributed by atoms with Gasteiger partial charge in [-0.25, -0.2) is 8.42 Å². The molecule has 0 bridgehead atoms. The van der Waals surface area contributed by atoms with Gasteiger partial charge in [0.05, 0.1) is 5.75 Å². The Morgan fingerprint density at radius 2 is 1.85 bits per heavy atom. The summed E-state index contributed by atoms with van der Waals surface area (Å²) in [6.45, 7) is 0. The molecule has 0 atom stereocenters. The lowest BCUT2D eigenvalue weighted by atomic mass is 10.3. The molecule has 0 aliphatic rings. The lowest BCUT2D eigenvalue weighted by Crippen LogP contribution is -2.05. The van der Waals surface area contributed by atoms with Gasteiger partial charge in [0.15, 0.2) is 0 Å². The van der Waals surface area contributed by atoms with Crippen molar-refractivity contribution in [1.29, 1.82) is 0 Å². The van der Waals surface area contributed by atoms with E-state index in [0.29, 0.717) is 5.75 Å². The molecular formula is C8H18O2S3. The Hall–Kier alpha value is 0.650. The van der Waals surface area contributed by atoms with Crippen LogP contribution in [0.1, 0.15) is 19.3 Å². The maximum Gasteiger partial charge on any atom is 0.148 e. The van der Waals surface area contributed by atoms with Gasteiger partial charge in [-0.15, -0.1) is 0 Å². The molecule has 80 valence electrons. The van der Waals surface area contributed by atoms with E-state index in [1.54, 1.807) is 11.8 Å². The van der Waals surface area contributed by atoms with Gasteiger partial charge in [-0.05, 0) is 24.3 Å². The Kier molecular flexibility index (Phi) is 8.40. The molecule has 0 aliphatic heterocycles. The molecule has 2 nitrogen and oxygen atoms in total. The van der Waals surface area contributed by atoms with E-state index < -0.39 is 9.84 Å². The molecule has 0 rings (SSSR count). The first-order valence-electron chi connectivity index (χ1n) is 4.42. The van der Waals surface area contributed by atoms with E-state index in [0.717, 1.165) is 23.7 Å². The smallest absolute Gasteiger partial charge is 0.148 e. The van der Waals surface area contributed by atoms with E-state index >= 15 is 0 Å². The zero-order valence-corrected chi connectivity index (χ0v) is 10.6. The topological polar surface area (TPSA) is 34.1 Å². The van der Waals surface area contributed by atoms with Crippen LogP contribution in [0.25, 0.3) is 0 Å². The number of thioether (sulfide) groups is 1. The van der Waals surface area contributed by atoms with Gasteiger partial charge in [0.2, 0.25) is 0 Å². The average molecular weight is 242 g/mol. The number of sulfone groups is 1. The van der Waals surface area contributed by atoms with Crippen LogP contribution < -0.4 is 0 Å². The Morgan fingerprint density at radius 3 is 2.38 bits per heavy atom. The predicted molar refractivity (Wildman–Crippen MR) is 64.7 cm³/mol. The fourth-order valence-electron chi connectivity index (χ4n) is 0.805. The molecular weight excluding hydrogens is 224 g/mol. The molecule has 5 heteroatoms. The zero-order chi connectivity index (χ0) is 10.2. The molecule has 0 aromatic carbocycles. The summed E-state index contributed by atoms with van der Waals surface area (Å²) in [5, 5.41) is 0. The van der Waals surface area contributed by atoms with Crippen molar-refractivity contribution >= 4 is 34.2 Å². The number of thiol groups is 1. The van der Waals surface area contributed by atoms with Crippen molar-refractivity contribution in [2.75, 3.05) is 29.3 Å². The van der Waals surface area contributed by atoms with E-state index in [1.165, 1.54) is 19.1 Å². The zero-order valence-electron chi connectivity index (χ0n) is 8.03. The van der Waals surface area contributed by atoms with Crippen LogP contribution in [0.3, 0.4) is 0 Å². The highest BCUT2D eigenvalue weighted by Gasteiger charge is 2.00. The van der Waals surface area contributed by atoms with Crippen molar-refractivity contribution in [1.82, 2.24) is 0 Å². The van der Waals surface area contributed by atoms with Gasteiger partial charge in [-0.2, -0.15) is 24.4 Å². The molecule has 0 unspecified atom stereocenters. The first kappa shape index (κ1) is 13.7. The van der Waals surface area contributed by atoms with Gasteiger partial charge >= 0.3 is 0 Å². The van der Waals surface area contributed by atoms with E-state index in [1.807, 2.05) is 0 Å². The van der Waals surface area contributed by atoms with Crippen LogP contribution in [0.4, 0.5) is 0 Å². The third-order valence-corrected chi connectivity index (χ3v) is 4.14.